The molecule has 1 aromatic carbocycles. The van der Waals surface area contributed by atoms with Crippen LogP contribution in [0.1, 0.15) is 0 Å². The number of carbonyl (C=O) groups excluding carboxylic acids is 1. The molecule has 3 heterocycles. The Morgan fingerprint density at radius 1 is 1.07 bits per heavy atom. The van der Waals surface area contributed by atoms with Gasteiger partial charge in [-0.25, -0.2) is 13.2 Å². The van der Waals surface area contributed by atoms with Crippen molar-refractivity contribution in [3.63, 3.8) is 0 Å². The average molecular weight is 375 g/mol. The second-order valence-electron chi connectivity index (χ2n) is 6.32. The fourth-order valence-electron chi connectivity index (χ4n) is 3.14. The monoisotopic (exact) mass is 375 g/mol. The zero-order chi connectivity index (χ0) is 19.0. The van der Waals surface area contributed by atoms with Crippen LogP contribution in [0.3, 0.4) is 0 Å². The van der Waals surface area contributed by atoms with E-state index in [4.69, 9.17) is 4.74 Å². The summed E-state index contributed by atoms with van der Waals surface area (Å²) in [6, 6.07) is 5.29. The number of morpholine rings is 1. The molecule has 1 fully saturated rings. The van der Waals surface area contributed by atoms with Crippen molar-refractivity contribution in [3.05, 3.63) is 54.1 Å². The fourth-order valence-corrected chi connectivity index (χ4v) is 3.14. The van der Waals surface area contributed by atoms with Crippen LogP contribution in [0, 0.1) is 17.5 Å². The zero-order valence-corrected chi connectivity index (χ0v) is 14.3. The lowest BCUT2D eigenvalue weighted by molar-refractivity contribution is -0.135. The van der Waals surface area contributed by atoms with Gasteiger partial charge >= 0.3 is 0 Å². The summed E-state index contributed by atoms with van der Waals surface area (Å²) in [6.45, 7) is 2.27. The van der Waals surface area contributed by atoms with Gasteiger partial charge in [0.05, 0.1) is 24.2 Å². The highest BCUT2D eigenvalue weighted by atomic mass is 19.2. The van der Waals surface area contributed by atoms with Gasteiger partial charge in [-0.05, 0) is 29.8 Å². The molecule has 8 heteroatoms. The number of nitrogens with zero attached hydrogens (tertiary/aromatic N) is 3. The first kappa shape index (κ1) is 17.5. The number of halogens is 3. The van der Waals surface area contributed by atoms with Crippen LogP contribution in [0.25, 0.3) is 22.2 Å². The number of amides is 1. The number of fused-ring (bicyclic) bond motifs is 1. The van der Waals surface area contributed by atoms with Gasteiger partial charge in [0.25, 0.3) is 0 Å². The van der Waals surface area contributed by atoms with E-state index in [1.165, 1.54) is 6.20 Å². The number of aromatic nitrogens is 2. The lowest BCUT2D eigenvalue weighted by Gasteiger charge is -2.27. The highest BCUT2D eigenvalue weighted by molar-refractivity contribution is 5.84. The average Bonchev–Trinajstić information content (AvgIpc) is 3.08. The van der Waals surface area contributed by atoms with Crippen LogP contribution in [-0.4, -0.2) is 46.7 Å². The van der Waals surface area contributed by atoms with Crippen LogP contribution in [0.2, 0.25) is 0 Å². The van der Waals surface area contributed by atoms with E-state index >= 15 is 0 Å². The Kier molecular flexibility index (Phi) is 4.57. The summed E-state index contributed by atoms with van der Waals surface area (Å²) >= 11 is 0. The van der Waals surface area contributed by atoms with E-state index in [0.29, 0.717) is 42.9 Å². The molecule has 1 aliphatic rings. The van der Waals surface area contributed by atoms with Crippen LogP contribution < -0.4 is 0 Å². The summed E-state index contributed by atoms with van der Waals surface area (Å²) in [6.07, 6.45) is 3.20. The molecule has 0 atom stereocenters. The summed E-state index contributed by atoms with van der Waals surface area (Å²) in [5.41, 5.74) is 1.91. The molecule has 3 aromatic rings. The maximum atomic E-state index is 13.5. The lowest BCUT2D eigenvalue weighted by atomic mass is 10.1. The molecule has 1 amide bonds. The van der Waals surface area contributed by atoms with E-state index in [1.807, 2.05) is 0 Å². The van der Waals surface area contributed by atoms with Crippen molar-refractivity contribution in [2.75, 3.05) is 26.3 Å². The molecule has 140 valence electrons. The normalized spacial score (nSPS) is 14.7. The zero-order valence-electron chi connectivity index (χ0n) is 14.3. The summed E-state index contributed by atoms with van der Waals surface area (Å²) in [4.78, 5) is 18.5. The predicted octanol–water partition coefficient (Wildman–Crippen LogP) is 2.98. The van der Waals surface area contributed by atoms with Gasteiger partial charge in [0.15, 0.2) is 17.5 Å². The summed E-state index contributed by atoms with van der Waals surface area (Å²) in [7, 11) is 0. The van der Waals surface area contributed by atoms with Crippen LogP contribution in [0.4, 0.5) is 13.2 Å². The van der Waals surface area contributed by atoms with Crippen LogP contribution in [-0.2, 0) is 16.1 Å². The first-order valence-electron chi connectivity index (χ1n) is 8.48. The number of ether oxygens (including phenoxy) is 1. The Morgan fingerprint density at radius 3 is 2.48 bits per heavy atom. The van der Waals surface area contributed by atoms with Gasteiger partial charge in [-0.1, -0.05) is 0 Å². The van der Waals surface area contributed by atoms with Crippen LogP contribution in [0.5, 0.6) is 0 Å². The number of pyridine rings is 1. The SMILES string of the molecule is O=C(Cn1ccc2ncc(-c3cc(F)c(F)c(F)c3)cc21)N1CCOCC1. The van der Waals surface area contributed by atoms with Gasteiger partial charge in [0.1, 0.15) is 6.54 Å². The molecule has 1 aliphatic heterocycles. The van der Waals surface area contributed by atoms with E-state index < -0.39 is 17.5 Å². The molecule has 0 saturated carbocycles. The second kappa shape index (κ2) is 7.03. The minimum atomic E-state index is -1.51. The Morgan fingerprint density at radius 2 is 1.78 bits per heavy atom. The van der Waals surface area contributed by atoms with Crippen molar-refractivity contribution in [1.29, 1.82) is 0 Å². The van der Waals surface area contributed by atoms with Crippen molar-refractivity contribution in [2.24, 2.45) is 0 Å². The number of rotatable bonds is 3. The van der Waals surface area contributed by atoms with E-state index in [0.717, 1.165) is 12.1 Å². The summed E-state index contributed by atoms with van der Waals surface area (Å²) in [5, 5.41) is 0. The molecule has 0 aliphatic carbocycles. The van der Waals surface area contributed by atoms with E-state index in [-0.39, 0.29) is 18.0 Å². The Labute approximate surface area is 153 Å². The smallest absolute Gasteiger partial charge is 0.242 e. The lowest BCUT2D eigenvalue weighted by Crippen LogP contribution is -2.42. The molecule has 2 aromatic heterocycles. The topological polar surface area (TPSA) is 47.4 Å². The first-order valence-corrected chi connectivity index (χ1v) is 8.48. The van der Waals surface area contributed by atoms with Gasteiger partial charge in [-0.2, -0.15) is 0 Å². The largest absolute Gasteiger partial charge is 0.378 e. The van der Waals surface area contributed by atoms with Crippen LogP contribution in [0.15, 0.2) is 36.7 Å². The van der Waals surface area contributed by atoms with Crippen LogP contribution >= 0.6 is 0 Å². The van der Waals surface area contributed by atoms with Crippen molar-refractivity contribution in [2.45, 2.75) is 6.54 Å². The number of carbonyl (C=O) groups is 1. The van der Waals surface area contributed by atoms with Crippen molar-refractivity contribution >= 4 is 16.9 Å². The molecule has 4 rings (SSSR count). The highest BCUT2D eigenvalue weighted by Crippen LogP contribution is 2.26. The third-order valence-corrected chi connectivity index (χ3v) is 4.61. The fraction of sp³-hybridized carbons (Fsp3) is 0.263. The molecule has 1 saturated heterocycles. The molecular weight excluding hydrogens is 359 g/mol. The number of benzene rings is 1. The summed E-state index contributed by atoms with van der Waals surface area (Å²) < 4.78 is 47.3. The van der Waals surface area contributed by atoms with E-state index in [9.17, 15) is 18.0 Å². The Hall–Kier alpha value is -2.87. The number of hydrogen-bond donors (Lipinski definition) is 0. The molecule has 0 spiro atoms. The molecule has 5 nitrogen and oxygen atoms in total. The standard InChI is InChI=1S/C19H16F3N3O2/c20-14-7-12(8-15(21)19(14)22)13-9-17-16(23-10-13)1-2-25(17)11-18(26)24-3-5-27-6-4-24/h1-2,7-10H,3-6,11H2. The molecule has 0 bridgehead atoms. The predicted molar refractivity (Wildman–Crippen MR) is 92.4 cm³/mol. The van der Waals surface area contributed by atoms with Gasteiger partial charge in [-0.3, -0.25) is 9.78 Å². The minimum absolute atomic E-state index is 0.0416. The maximum absolute atomic E-state index is 13.5. The van der Waals surface area contributed by atoms with E-state index in [2.05, 4.69) is 4.98 Å². The van der Waals surface area contributed by atoms with Crippen molar-refractivity contribution in [1.82, 2.24) is 14.5 Å². The molecule has 0 radical (unpaired) electrons. The third-order valence-electron chi connectivity index (χ3n) is 4.61. The maximum Gasteiger partial charge on any atom is 0.242 e. The molecular formula is C19H16F3N3O2. The Bertz CT molecular complexity index is 990. The first-order chi connectivity index (χ1) is 13.0. The van der Waals surface area contributed by atoms with E-state index in [1.54, 1.807) is 27.8 Å². The quantitative estimate of drug-likeness (QED) is 0.662. The van der Waals surface area contributed by atoms with Gasteiger partial charge in [0.2, 0.25) is 5.91 Å². The molecule has 0 N–H and O–H groups in total. The number of hydrogen-bond acceptors (Lipinski definition) is 3. The van der Waals surface area contributed by atoms with Crippen molar-refractivity contribution < 1.29 is 22.7 Å². The van der Waals surface area contributed by atoms with Gasteiger partial charge in [0, 0.05) is 31.0 Å². The van der Waals surface area contributed by atoms with Crippen molar-refractivity contribution in [3.8, 4) is 11.1 Å². The molecule has 27 heavy (non-hydrogen) atoms. The minimum Gasteiger partial charge on any atom is -0.378 e. The highest BCUT2D eigenvalue weighted by Gasteiger charge is 2.18. The van der Waals surface area contributed by atoms with Gasteiger partial charge < -0.3 is 14.2 Å². The molecule has 0 unspecified atom stereocenters. The Balaban J connectivity index is 1.66. The van der Waals surface area contributed by atoms with Gasteiger partial charge in [-0.15, -0.1) is 0 Å². The second-order valence-corrected chi connectivity index (χ2v) is 6.32. The summed E-state index contributed by atoms with van der Waals surface area (Å²) in [5.74, 6) is -4.07. The third kappa shape index (κ3) is 3.40.